The van der Waals surface area contributed by atoms with E-state index in [1.807, 2.05) is 24.3 Å². The first-order chi connectivity index (χ1) is 10.2. The maximum atomic E-state index is 12.0. The van der Waals surface area contributed by atoms with Crippen LogP contribution >= 0.6 is 0 Å². The summed E-state index contributed by atoms with van der Waals surface area (Å²) in [5, 5.41) is 3.01. The number of amides is 1. The molecule has 1 amide bonds. The van der Waals surface area contributed by atoms with Crippen molar-refractivity contribution in [1.82, 2.24) is 10.2 Å². The molecule has 0 spiro atoms. The number of nitrogens with zero attached hydrogens (tertiary/aromatic N) is 1. The molecule has 1 N–H and O–H groups in total. The number of para-hydroxylation sites is 1. The minimum absolute atomic E-state index is 0.0598. The normalized spacial score (nSPS) is 19.2. The molecule has 1 aliphatic heterocycles. The Labute approximate surface area is 127 Å². The van der Waals surface area contributed by atoms with Gasteiger partial charge in [-0.15, -0.1) is 0 Å². The van der Waals surface area contributed by atoms with Gasteiger partial charge in [0.05, 0.1) is 13.5 Å². The fraction of sp³-hybridized carbons (Fsp3) is 0.588. The maximum absolute atomic E-state index is 12.0. The summed E-state index contributed by atoms with van der Waals surface area (Å²) in [6.45, 7) is 6.28. The van der Waals surface area contributed by atoms with Gasteiger partial charge in [0.2, 0.25) is 5.91 Å². The van der Waals surface area contributed by atoms with Crippen molar-refractivity contribution in [2.75, 3.05) is 33.3 Å². The number of carbonyl (C=O) groups excluding carboxylic acids is 1. The molecular weight excluding hydrogens is 264 g/mol. The molecular formula is C17H26N2O2. The molecule has 0 radical (unpaired) electrons. The third-order valence-electron chi connectivity index (χ3n) is 4.03. The molecule has 0 aliphatic carbocycles. The zero-order valence-electron chi connectivity index (χ0n) is 13.1. The number of rotatable bonds is 6. The number of methoxy groups -OCH3 is 1. The van der Waals surface area contributed by atoms with Gasteiger partial charge in [0.25, 0.3) is 0 Å². The van der Waals surface area contributed by atoms with Gasteiger partial charge in [-0.05, 0) is 31.4 Å². The average Bonchev–Trinajstić information content (AvgIpc) is 2.48. The van der Waals surface area contributed by atoms with Crippen LogP contribution in [0.25, 0.3) is 0 Å². The second-order valence-electron chi connectivity index (χ2n) is 5.89. The smallest absolute Gasteiger partial charge is 0.224 e. The van der Waals surface area contributed by atoms with Crippen molar-refractivity contribution < 1.29 is 9.53 Å². The summed E-state index contributed by atoms with van der Waals surface area (Å²) in [5.74, 6) is 1.62. The summed E-state index contributed by atoms with van der Waals surface area (Å²) in [5.41, 5.74) is 0.934. The van der Waals surface area contributed by atoms with Crippen molar-refractivity contribution in [3.05, 3.63) is 29.8 Å². The topological polar surface area (TPSA) is 41.6 Å². The van der Waals surface area contributed by atoms with Crippen molar-refractivity contribution in [2.45, 2.75) is 26.2 Å². The van der Waals surface area contributed by atoms with Gasteiger partial charge in [0.15, 0.2) is 0 Å². The number of hydrogen-bond acceptors (Lipinski definition) is 3. The van der Waals surface area contributed by atoms with Crippen molar-refractivity contribution in [1.29, 1.82) is 0 Å². The van der Waals surface area contributed by atoms with Gasteiger partial charge in [0.1, 0.15) is 5.75 Å². The Morgan fingerprint density at radius 1 is 1.43 bits per heavy atom. The van der Waals surface area contributed by atoms with Crippen molar-refractivity contribution in [3.63, 3.8) is 0 Å². The van der Waals surface area contributed by atoms with Crippen LogP contribution in [0.1, 0.15) is 25.3 Å². The van der Waals surface area contributed by atoms with Crippen LogP contribution in [-0.2, 0) is 11.2 Å². The number of carbonyl (C=O) groups is 1. The van der Waals surface area contributed by atoms with Crippen LogP contribution in [0.5, 0.6) is 5.75 Å². The molecule has 0 unspecified atom stereocenters. The summed E-state index contributed by atoms with van der Waals surface area (Å²) < 4.78 is 5.27. The summed E-state index contributed by atoms with van der Waals surface area (Å²) in [7, 11) is 1.63. The summed E-state index contributed by atoms with van der Waals surface area (Å²) >= 11 is 0. The molecule has 1 aliphatic rings. The van der Waals surface area contributed by atoms with Crippen LogP contribution in [0, 0.1) is 5.92 Å². The third-order valence-corrected chi connectivity index (χ3v) is 4.03. The quantitative estimate of drug-likeness (QED) is 0.872. The highest BCUT2D eigenvalue weighted by Crippen LogP contribution is 2.17. The van der Waals surface area contributed by atoms with Crippen molar-refractivity contribution in [2.24, 2.45) is 5.92 Å². The molecule has 0 aromatic heterocycles. The summed E-state index contributed by atoms with van der Waals surface area (Å²) in [6, 6.07) is 7.67. The molecule has 1 aromatic rings. The van der Waals surface area contributed by atoms with Crippen LogP contribution in [-0.4, -0.2) is 44.1 Å². The van der Waals surface area contributed by atoms with Gasteiger partial charge in [-0.2, -0.15) is 0 Å². The molecule has 1 fully saturated rings. The first-order valence-corrected chi connectivity index (χ1v) is 7.80. The number of piperidine rings is 1. The average molecular weight is 290 g/mol. The zero-order valence-corrected chi connectivity index (χ0v) is 13.1. The molecule has 1 heterocycles. The molecule has 0 saturated carbocycles. The first kappa shape index (κ1) is 15.8. The lowest BCUT2D eigenvalue weighted by Gasteiger charge is -2.30. The number of ether oxygens (including phenoxy) is 1. The Bertz CT molecular complexity index is 462. The Hall–Kier alpha value is -1.55. The number of nitrogens with one attached hydrogen (secondary N) is 1. The van der Waals surface area contributed by atoms with Crippen LogP contribution in [0.4, 0.5) is 0 Å². The SMILES string of the molecule is COc1ccccc1CC(=O)NCCN1CCC[C@H](C)C1. The van der Waals surface area contributed by atoms with Gasteiger partial charge in [-0.25, -0.2) is 0 Å². The van der Waals surface area contributed by atoms with E-state index in [2.05, 4.69) is 17.1 Å². The number of benzene rings is 1. The van der Waals surface area contributed by atoms with Crippen molar-refractivity contribution >= 4 is 5.91 Å². The van der Waals surface area contributed by atoms with E-state index < -0.39 is 0 Å². The van der Waals surface area contributed by atoms with Gasteiger partial charge >= 0.3 is 0 Å². The molecule has 4 nitrogen and oxygen atoms in total. The predicted octanol–water partition coefficient (Wildman–Crippen LogP) is 2.09. The molecule has 2 rings (SSSR count). The Balaban J connectivity index is 1.72. The Morgan fingerprint density at radius 3 is 3.00 bits per heavy atom. The van der Waals surface area contributed by atoms with E-state index in [1.54, 1.807) is 7.11 Å². The number of likely N-dealkylation sites (tertiary alicyclic amines) is 1. The zero-order chi connectivity index (χ0) is 15.1. The van der Waals surface area contributed by atoms with E-state index in [-0.39, 0.29) is 5.91 Å². The fourth-order valence-corrected chi connectivity index (χ4v) is 2.93. The van der Waals surface area contributed by atoms with E-state index in [9.17, 15) is 4.79 Å². The lowest BCUT2D eigenvalue weighted by molar-refractivity contribution is -0.120. The molecule has 4 heteroatoms. The van der Waals surface area contributed by atoms with E-state index in [0.717, 1.165) is 43.4 Å². The minimum Gasteiger partial charge on any atom is -0.496 e. The highest BCUT2D eigenvalue weighted by Gasteiger charge is 2.16. The molecule has 0 bridgehead atoms. The van der Waals surface area contributed by atoms with Gasteiger partial charge < -0.3 is 15.0 Å². The predicted molar refractivity (Wildman–Crippen MR) is 84.5 cm³/mol. The van der Waals surface area contributed by atoms with Crippen LogP contribution in [0.3, 0.4) is 0 Å². The fourth-order valence-electron chi connectivity index (χ4n) is 2.93. The summed E-state index contributed by atoms with van der Waals surface area (Å²) in [6.07, 6.45) is 2.98. The van der Waals surface area contributed by atoms with Crippen LogP contribution in [0.2, 0.25) is 0 Å². The van der Waals surface area contributed by atoms with E-state index >= 15 is 0 Å². The van der Waals surface area contributed by atoms with E-state index in [0.29, 0.717) is 6.42 Å². The second kappa shape index (κ2) is 8.03. The van der Waals surface area contributed by atoms with E-state index in [4.69, 9.17) is 4.74 Å². The lowest BCUT2D eigenvalue weighted by Crippen LogP contribution is -2.40. The highest BCUT2D eigenvalue weighted by atomic mass is 16.5. The molecule has 21 heavy (non-hydrogen) atoms. The molecule has 116 valence electrons. The molecule has 1 aromatic carbocycles. The minimum atomic E-state index is 0.0598. The Kier molecular flexibility index (Phi) is 6.05. The largest absolute Gasteiger partial charge is 0.496 e. The monoisotopic (exact) mass is 290 g/mol. The summed E-state index contributed by atoms with van der Waals surface area (Å²) in [4.78, 5) is 14.4. The maximum Gasteiger partial charge on any atom is 0.224 e. The van der Waals surface area contributed by atoms with E-state index in [1.165, 1.54) is 12.8 Å². The Morgan fingerprint density at radius 2 is 2.24 bits per heavy atom. The molecule has 1 atom stereocenters. The highest BCUT2D eigenvalue weighted by molar-refractivity contribution is 5.79. The van der Waals surface area contributed by atoms with Crippen molar-refractivity contribution in [3.8, 4) is 5.75 Å². The van der Waals surface area contributed by atoms with Gasteiger partial charge in [0, 0.05) is 25.2 Å². The second-order valence-corrected chi connectivity index (χ2v) is 5.89. The van der Waals surface area contributed by atoms with Crippen LogP contribution < -0.4 is 10.1 Å². The van der Waals surface area contributed by atoms with Gasteiger partial charge in [-0.3, -0.25) is 4.79 Å². The number of hydrogen-bond donors (Lipinski definition) is 1. The van der Waals surface area contributed by atoms with Crippen LogP contribution in [0.15, 0.2) is 24.3 Å². The molecule has 1 saturated heterocycles. The first-order valence-electron chi connectivity index (χ1n) is 7.80. The lowest BCUT2D eigenvalue weighted by atomic mass is 10.0. The van der Waals surface area contributed by atoms with Gasteiger partial charge in [-0.1, -0.05) is 25.1 Å². The third kappa shape index (κ3) is 5.05. The standard InChI is InChI=1S/C17H26N2O2/c1-14-6-5-10-19(13-14)11-9-18-17(20)12-15-7-3-4-8-16(15)21-2/h3-4,7-8,14H,5-6,9-13H2,1-2H3,(H,18,20)/t14-/m0/s1.